The van der Waals surface area contributed by atoms with Gasteiger partial charge in [-0.15, -0.1) is 0 Å². The average molecular weight is 271 g/mol. The highest BCUT2D eigenvalue weighted by Crippen LogP contribution is 2.18. The van der Waals surface area contributed by atoms with Crippen molar-refractivity contribution < 1.29 is 9.84 Å². The summed E-state index contributed by atoms with van der Waals surface area (Å²) in [4.78, 5) is 0. The van der Waals surface area contributed by atoms with Crippen LogP contribution >= 0.6 is 0 Å². The second kappa shape index (κ2) is 6.96. The number of rotatable bonds is 6. The molecule has 3 nitrogen and oxygen atoms in total. The number of ether oxygens (including phenoxy) is 1. The van der Waals surface area contributed by atoms with E-state index in [1.807, 2.05) is 31.2 Å². The summed E-state index contributed by atoms with van der Waals surface area (Å²) in [6.45, 7) is 5.51. The van der Waals surface area contributed by atoms with Crippen LogP contribution in [0.5, 0.6) is 11.5 Å². The number of phenols is 1. The largest absolute Gasteiger partial charge is 0.508 e. The van der Waals surface area contributed by atoms with Crippen molar-refractivity contribution in [3.05, 3.63) is 59.7 Å². The third-order valence-electron chi connectivity index (χ3n) is 3.21. The first kappa shape index (κ1) is 14.4. The van der Waals surface area contributed by atoms with Crippen LogP contribution in [-0.2, 0) is 6.54 Å². The predicted octanol–water partition coefficient (Wildman–Crippen LogP) is 3.64. The van der Waals surface area contributed by atoms with Gasteiger partial charge in [0.05, 0.1) is 6.61 Å². The molecule has 0 aromatic heterocycles. The van der Waals surface area contributed by atoms with Gasteiger partial charge >= 0.3 is 0 Å². The van der Waals surface area contributed by atoms with Crippen molar-refractivity contribution in [2.75, 3.05) is 6.61 Å². The zero-order valence-electron chi connectivity index (χ0n) is 12.0. The van der Waals surface area contributed by atoms with Crippen molar-refractivity contribution >= 4 is 0 Å². The van der Waals surface area contributed by atoms with Crippen molar-refractivity contribution in [1.29, 1.82) is 0 Å². The van der Waals surface area contributed by atoms with Crippen LogP contribution in [0.2, 0.25) is 0 Å². The molecule has 2 rings (SSSR count). The Hall–Kier alpha value is -2.00. The first-order valence-corrected chi connectivity index (χ1v) is 6.93. The van der Waals surface area contributed by atoms with E-state index >= 15 is 0 Å². The van der Waals surface area contributed by atoms with Crippen LogP contribution in [0.1, 0.15) is 31.0 Å². The fourth-order valence-corrected chi connectivity index (χ4v) is 2.07. The maximum atomic E-state index is 9.43. The molecule has 0 saturated carbocycles. The minimum Gasteiger partial charge on any atom is -0.508 e. The lowest BCUT2D eigenvalue weighted by Crippen LogP contribution is -2.17. The number of hydrogen-bond acceptors (Lipinski definition) is 3. The van der Waals surface area contributed by atoms with E-state index in [1.54, 1.807) is 12.1 Å². The third kappa shape index (κ3) is 4.00. The van der Waals surface area contributed by atoms with Gasteiger partial charge in [-0.25, -0.2) is 0 Å². The second-order valence-corrected chi connectivity index (χ2v) is 4.77. The van der Waals surface area contributed by atoms with E-state index in [1.165, 1.54) is 5.56 Å². The summed E-state index contributed by atoms with van der Waals surface area (Å²) < 4.78 is 5.43. The van der Waals surface area contributed by atoms with E-state index < -0.39 is 0 Å². The zero-order chi connectivity index (χ0) is 14.4. The zero-order valence-corrected chi connectivity index (χ0v) is 12.0. The van der Waals surface area contributed by atoms with E-state index in [2.05, 4.69) is 24.4 Å². The van der Waals surface area contributed by atoms with Gasteiger partial charge in [-0.1, -0.05) is 24.3 Å². The van der Waals surface area contributed by atoms with Gasteiger partial charge in [-0.2, -0.15) is 0 Å². The molecule has 0 fully saturated rings. The molecule has 0 saturated heterocycles. The molecule has 2 aromatic rings. The lowest BCUT2D eigenvalue weighted by Gasteiger charge is -2.15. The molecule has 0 aliphatic carbocycles. The minimum atomic E-state index is 0.244. The van der Waals surface area contributed by atoms with Gasteiger partial charge in [0.15, 0.2) is 0 Å². The molecule has 0 spiro atoms. The summed E-state index contributed by atoms with van der Waals surface area (Å²) >= 11 is 0. The summed E-state index contributed by atoms with van der Waals surface area (Å²) in [6.07, 6.45) is 0. The Morgan fingerprint density at radius 3 is 2.55 bits per heavy atom. The van der Waals surface area contributed by atoms with Gasteiger partial charge in [-0.05, 0) is 49.2 Å². The molecule has 1 unspecified atom stereocenters. The fraction of sp³-hybridized carbons (Fsp3) is 0.294. The predicted molar refractivity (Wildman–Crippen MR) is 81.0 cm³/mol. The number of hydrogen-bond donors (Lipinski definition) is 2. The smallest absolute Gasteiger partial charge is 0.119 e. The number of aromatic hydroxyl groups is 1. The van der Waals surface area contributed by atoms with E-state index in [4.69, 9.17) is 4.74 Å². The highest BCUT2D eigenvalue weighted by atomic mass is 16.5. The average Bonchev–Trinajstić information content (AvgIpc) is 2.46. The number of phenolic OH excluding ortho intramolecular Hbond substituents is 1. The van der Waals surface area contributed by atoms with E-state index in [0.717, 1.165) is 17.9 Å². The Kier molecular flexibility index (Phi) is 5.02. The highest BCUT2D eigenvalue weighted by molar-refractivity contribution is 5.30. The van der Waals surface area contributed by atoms with Gasteiger partial charge < -0.3 is 15.2 Å². The molecular weight excluding hydrogens is 250 g/mol. The van der Waals surface area contributed by atoms with Crippen LogP contribution in [0, 0.1) is 0 Å². The molecule has 3 heteroatoms. The molecule has 0 amide bonds. The van der Waals surface area contributed by atoms with Gasteiger partial charge in [0.25, 0.3) is 0 Å². The van der Waals surface area contributed by atoms with E-state index in [-0.39, 0.29) is 6.04 Å². The molecule has 0 radical (unpaired) electrons. The summed E-state index contributed by atoms with van der Waals surface area (Å²) in [7, 11) is 0. The quantitative estimate of drug-likeness (QED) is 0.842. The lowest BCUT2D eigenvalue weighted by molar-refractivity contribution is 0.340. The molecule has 1 atom stereocenters. The molecule has 0 heterocycles. The van der Waals surface area contributed by atoms with Gasteiger partial charge in [0.1, 0.15) is 11.5 Å². The monoisotopic (exact) mass is 271 g/mol. The van der Waals surface area contributed by atoms with Crippen LogP contribution in [0.15, 0.2) is 48.5 Å². The van der Waals surface area contributed by atoms with Crippen molar-refractivity contribution in [1.82, 2.24) is 5.32 Å². The van der Waals surface area contributed by atoms with E-state index in [0.29, 0.717) is 12.4 Å². The summed E-state index contributed by atoms with van der Waals surface area (Å²) in [5.41, 5.74) is 2.29. The normalized spacial score (nSPS) is 12.1. The maximum absolute atomic E-state index is 9.43. The standard InChI is InChI=1S/C17H21NO2/c1-3-20-17-9-7-15(8-10-17)13(2)18-12-14-5-4-6-16(19)11-14/h4-11,13,18-19H,3,12H2,1-2H3. The Balaban J connectivity index is 1.92. The first-order chi connectivity index (χ1) is 9.69. The van der Waals surface area contributed by atoms with E-state index in [9.17, 15) is 5.11 Å². The van der Waals surface area contributed by atoms with Crippen LogP contribution in [0.4, 0.5) is 0 Å². The van der Waals surface area contributed by atoms with Gasteiger partial charge in [0, 0.05) is 12.6 Å². The summed E-state index contributed by atoms with van der Waals surface area (Å²) in [5, 5.41) is 12.9. The van der Waals surface area contributed by atoms with Gasteiger partial charge in [0.2, 0.25) is 0 Å². The summed E-state index contributed by atoms with van der Waals surface area (Å²) in [6, 6.07) is 15.7. The molecule has 0 bridgehead atoms. The third-order valence-corrected chi connectivity index (χ3v) is 3.21. The Morgan fingerprint density at radius 2 is 1.90 bits per heavy atom. The van der Waals surface area contributed by atoms with Crippen LogP contribution < -0.4 is 10.1 Å². The molecule has 0 aliphatic heterocycles. The van der Waals surface area contributed by atoms with Crippen molar-refractivity contribution in [2.24, 2.45) is 0 Å². The van der Waals surface area contributed by atoms with Crippen LogP contribution in [0.3, 0.4) is 0 Å². The fourth-order valence-electron chi connectivity index (χ4n) is 2.07. The molecule has 106 valence electrons. The highest BCUT2D eigenvalue weighted by Gasteiger charge is 2.05. The SMILES string of the molecule is CCOc1ccc(C(C)NCc2cccc(O)c2)cc1. The Labute approximate surface area is 120 Å². The van der Waals surface area contributed by atoms with Crippen molar-refractivity contribution in [3.63, 3.8) is 0 Å². The molecule has 20 heavy (non-hydrogen) atoms. The molecular formula is C17H21NO2. The van der Waals surface area contributed by atoms with Crippen LogP contribution in [0.25, 0.3) is 0 Å². The summed E-state index contributed by atoms with van der Waals surface area (Å²) in [5.74, 6) is 1.20. The minimum absolute atomic E-state index is 0.244. The first-order valence-electron chi connectivity index (χ1n) is 6.93. The number of nitrogens with one attached hydrogen (secondary N) is 1. The number of benzene rings is 2. The van der Waals surface area contributed by atoms with Crippen molar-refractivity contribution in [2.45, 2.75) is 26.4 Å². The second-order valence-electron chi connectivity index (χ2n) is 4.77. The Morgan fingerprint density at radius 1 is 1.15 bits per heavy atom. The maximum Gasteiger partial charge on any atom is 0.119 e. The molecule has 2 N–H and O–H groups in total. The topological polar surface area (TPSA) is 41.5 Å². The molecule has 0 aliphatic rings. The van der Waals surface area contributed by atoms with Crippen molar-refractivity contribution in [3.8, 4) is 11.5 Å². The van der Waals surface area contributed by atoms with Gasteiger partial charge in [-0.3, -0.25) is 0 Å². The molecule has 2 aromatic carbocycles. The lowest BCUT2D eigenvalue weighted by atomic mass is 10.1. The Bertz CT molecular complexity index is 537. The van der Waals surface area contributed by atoms with Crippen LogP contribution in [-0.4, -0.2) is 11.7 Å².